The molecule has 1 aliphatic heterocycles. The molecular weight excluding hydrogens is 282 g/mol. The van der Waals surface area contributed by atoms with Crippen LogP contribution < -0.4 is 10.1 Å². The summed E-state index contributed by atoms with van der Waals surface area (Å²) in [5, 5.41) is 4.24. The lowest BCUT2D eigenvalue weighted by molar-refractivity contribution is 0.137. The van der Waals surface area contributed by atoms with Crippen molar-refractivity contribution in [3.63, 3.8) is 0 Å². The van der Waals surface area contributed by atoms with Gasteiger partial charge in [0, 0.05) is 30.1 Å². The van der Waals surface area contributed by atoms with Gasteiger partial charge >= 0.3 is 0 Å². The van der Waals surface area contributed by atoms with Crippen molar-refractivity contribution in [2.24, 2.45) is 0 Å². The molecule has 2 aromatic rings. The van der Waals surface area contributed by atoms with Crippen molar-refractivity contribution in [1.29, 1.82) is 0 Å². The molecule has 0 saturated heterocycles. The summed E-state index contributed by atoms with van der Waals surface area (Å²) in [6, 6.07) is 14.3. The Morgan fingerprint density at radius 1 is 1.14 bits per heavy atom. The third-order valence-electron chi connectivity index (χ3n) is 3.71. The topological polar surface area (TPSA) is 21.3 Å². The van der Waals surface area contributed by atoms with E-state index in [4.69, 9.17) is 16.3 Å². The molecule has 1 aliphatic rings. The summed E-state index contributed by atoms with van der Waals surface area (Å²) in [4.78, 5) is 0. The molecule has 21 heavy (non-hydrogen) atoms. The molecule has 3 rings (SSSR count). The molecule has 1 N–H and O–H groups in total. The molecule has 0 aromatic heterocycles. The first-order chi connectivity index (χ1) is 10.0. The number of halogens is 1. The Bertz CT molecular complexity index is 651. The molecule has 0 atom stereocenters. The van der Waals surface area contributed by atoms with Gasteiger partial charge in [-0.1, -0.05) is 41.9 Å². The summed E-state index contributed by atoms with van der Waals surface area (Å²) < 4.78 is 6.09. The molecule has 0 radical (unpaired) electrons. The number of rotatable bonds is 4. The van der Waals surface area contributed by atoms with Gasteiger partial charge in [-0.15, -0.1) is 0 Å². The maximum atomic E-state index is 6.09. The highest BCUT2D eigenvalue weighted by molar-refractivity contribution is 6.30. The zero-order valence-electron chi connectivity index (χ0n) is 12.4. The molecule has 110 valence electrons. The van der Waals surface area contributed by atoms with Gasteiger partial charge in [-0.05, 0) is 37.1 Å². The highest BCUT2D eigenvalue weighted by Gasteiger charge is 2.31. The van der Waals surface area contributed by atoms with Crippen LogP contribution in [0.5, 0.6) is 5.75 Å². The summed E-state index contributed by atoms with van der Waals surface area (Å²) in [7, 11) is 0. The fourth-order valence-corrected chi connectivity index (χ4v) is 3.02. The molecule has 1 heterocycles. The van der Waals surface area contributed by atoms with E-state index >= 15 is 0 Å². The van der Waals surface area contributed by atoms with Gasteiger partial charge in [0.2, 0.25) is 0 Å². The number of hydrogen-bond donors (Lipinski definition) is 1. The lowest BCUT2D eigenvalue weighted by Gasteiger charge is -2.18. The third-order valence-corrected chi connectivity index (χ3v) is 3.94. The molecule has 2 nitrogen and oxygen atoms in total. The molecule has 0 unspecified atom stereocenters. The molecule has 0 fully saturated rings. The maximum absolute atomic E-state index is 6.09. The lowest BCUT2D eigenvalue weighted by atomic mass is 10.0. The highest BCUT2D eigenvalue weighted by atomic mass is 35.5. The summed E-state index contributed by atoms with van der Waals surface area (Å²) in [5.41, 5.74) is 3.63. The zero-order chi connectivity index (χ0) is 14.9. The summed E-state index contributed by atoms with van der Waals surface area (Å²) in [5.74, 6) is 1.06. The summed E-state index contributed by atoms with van der Waals surface area (Å²) in [6.45, 7) is 5.87. The normalized spacial score (nSPS) is 15.6. The van der Waals surface area contributed by atoms with Crippen LogP contribution in [0.25, 0.3) is 0 Å². The van der Waals surface area contributed by atoms with E-state index in [2.05, 4.69) is 43.4 Å². The molecule has 2 aromatic carbocycles. The van der Waals surface area contributed by atoms with Gasteiger partial charge in [0.15, 0.2) is 0 Å². The van der Waals surface area contributed by atoms with Gasteiger partial charge in [-0.2, -0.15) is 0 Å². The molecule has 0 aliphatic carbocycles. The minimum atomic E-state index is -0.0919. The van der Waals surface area contributed by atoms with E-state index in [0.29, 0.717) is 0 Å². The average molecular weight is 302 g/mol. The van der Waals surface area contributed by atoms with Crippen LogP contribution in [0.3, 0.4) is 0 Å². The Balaban J connectivity index is 1.66. The predicted molar refractivity (Wildman–Crippen MR) is 86.8 cm³/mol. The van der Waals surface area contributed by atoms with E-state index in [9.17, 15) is 0 Å². The maximum Gasteiger partial charge on any atom is 0.127 e. The zero-order valence-corrected chi connectivity index (χ0v) is 13.2. The fraction of sp³-hybridized carbons (Fsp3) is 0.333. The van der Waals surface area contributed by atoms with Crippen molar-refractivity contribution in [1.82, 2.24) is 5.32 Å². The number of nitrogens with one attached hydrogen (secondary N) is 1. The monoisotopic (exact) mass is 301 g/mol. The van der Waals surface area contributed by atoms with Crippen LogP contribution in [0, 0.1) is 0 Å². The standard InChI is InChI=1S/C18H20ClNO/c1-18(2)10-14-6-4-7-15(17(14)21-18)12-20-11-13-5-3-8-16(19)9-13/h3-9,20H,10-12H2,1-2H3. The Hall–Kier alpha value is -1.51. The molecule has 0 saturated carbocycles. The SMILES string of the molecule is CC1(C)Cc2cccc(CNCc3cccc(Cl)c3)c2O1. The number of benzene rings is 2. The Labute approximate surface area is 131 Å². The van der Waals surface area contributed by atoms with Crippen LogP contribution in [-0.4, -0.2) is 5.60 Å². The second kappa shape index (κ2) is 5.70. The minimum absolute atomic E-state index is 0.0919. The van der Waals surface area contributed by atoms with Crippen LogP contribution in [0.4, 0.5) is 0 Å². The Morgan fingerprint density at radius 2 is 1.95 bits per heavy atom. The van der Waals surface area contributed by atoms with Gasteiger partial charge < -0.3 is 10.1 Å². The average Bonchev–Trinajstić information content (AvgIpc) is 2.74. The summed E-state index contributed by atoms with van der Waals surface area (Å²) >= 11 is 6.00. The first-order valence-corrected chi connectivity index (χ1v) is 7.66. The first kappa shape index (κ1) is 14.4. The molecular formula is C18H20ClNO. The van der Waals surface area contributed by atoms with Gasteiger partial charge in [0.05, 0.1) is 0 Å². The van der Waals surface area contributed by atoms with Crippen molar-refractivity contribution in [2.75, 3.05) is 0 Å². The largest absolute Gasteiger partial charge is 0.487 e. The van der Waals surface area contributed by atoms with Crippen molar-refractivity contribution in [2.45, 2.75) is 39.0 Å². The van der Waals surface area contributed by atoms with Crippen molar-refractivity contribution in [3.8, 4) is 5.75 Å². The van der Waals surface area contributed by atoms with E-state index in [1.54, 1.807) is 0 Å². The predicted octanol–water partition coefficient (Wildman–Crippen LogP) is 4.34. The van der Waals surface area contributed by atoms with E-state index in [0.717, 1.165) is 30.3 Å². The number of hydrogen-bond acceptors (Lipinski definition) is 2. The van der Waals surface area contributed by atoms with Crippen LogP contribution in [0.2, 0.25) is 5.02 Å². The van der Waals surface area contributed by atoms with Gasteiger partial charge in [-0.3, -0.25) is 0 Å². The van der Waals surface area contributed by atoms with Crippen LogP contribution in [0.1, 0.15) is 30.5 Å². The third kappa shape index (κ3) is 3.39. The second-order valence-corrected chi connectivity index (χ2v) is 6.61. The Morgan fingerprint density at radius 3 is 2.76 bits per heavy atom. The molecule has 0 bridgehead atoms. The lowest BCUT2D eigenvalue weighted by Crippen LogP contribution is -2.25. The molecule has 0 spiro atoms. The van der Waals surface area contributed by atoms with Gasteiger partial charge in [0.1, 0.15) is 11.4 Å². The summed E-state index contributed by atoms with van der Waals surface area (Å²) in [6.07, 6.45) is 0.977. The van der Waals surface area contributed by atoms with E-state index < -0.39 is 0 Å². The van der Waals surface area contributed by atoms with E-state index in [1.807, 2.05) is 18.2 Å². The molecule has 3 heteroatoms. The van der Waals surface area contributed by atoms with Crippen molar-refractivity contribution >= 4 is 11.6 Å². The van der Waals surface area contributed by atoms with Crippen molar-refractivity contribution < 1.29 is 4.74 Å². The van der Waals surface area contributed by atoms with E-state index in [-0.39, 0.29) is 5.60 Å². The molecule has 0 amide bonds. The Kier molecular flexibility index (Phi) is 3.92. The van der Waals surface area contributed by atoms with Gasteiger partial charge in [-0.25, -0.2) is 0 Å². The van der Waals surface area contributed by atoms with E-state index in [1.165, 1.54) is 16.7 Å². The fourth-order valence-electron chi connectivity index (χ4n) is 2.81. The smallest absolute Gasteiger partial charge is 0.127 e. The highest BCUT2D eigenvalue weighted by Crippen LogP contribution is 2.37. The van der Waals surface area contributed by atoms with Crippen LogP contribution >= 0.6 is 11.6 Å². The van der Waals surface area contributed by atoms with Crippen LogP contribution in [0.15, 0.2) is 42.5 Å². The minimum Gasteiger partial charge on any atom is -0.487 e. The number of fused-ring (bicyclic) bond motifs is 1. The van der Waals surface area contributed by atoms with Crippen LogP contribution in [-0.2, 0) is 19.5 Å². The van der Waals surface area contributed by atoms with Gasteiger partial charge in [0.25, 0.3) is 0 Å². The van der Waals surface area contributed by atoms with Crippen molar-refractivity contribution in [3.05, 3.63) is 64.2 Å². The first-order valence-electron chi connectivity index (χ1n) is 7.28. The number of para-hydroxylation sites is 1. The quantitative estimate of drug-likeness (QED) is 0.907. The second-order valence-electron chi connectivity index (χ2n) is 6.18. The number of ether oxygens (including phenoxy) is 1.